The third kappa shape index (κ3) is 7.16. The summed E-state index contributed by atoms with van der Waals surface area (Å²) in [6, 6.07) is 7.38. The highest BCUT2D eigenvalue weighted by atomic mass is 16.7. The van der Waals surface area contributed by atoms with Gasteiger partial charge in [-0.3, -0.25) is 4.79 Å². The van der Waals surface area contributed by atoms with Crippen LogP contribution in [-0.4, -0.2) is 155 Å². The molecule has 3 aliphatic heterocycles. The molecule has 286 valence electrons. The highest BCUT2D eigenvalue weighted by Gasteiger charge is 2.48. The van der Waals surface area contributed by atoms with Gasteiger partial charge in [-0.2, -0.15) is 0 Å². The number of hydrogen-bond donors (Lipinski definition) is 11. The Morgan fingerprint density at radius 2 is 1.17 bits per heavy atom. The molecule has 0 radical (unpaired) electrons. The molecule has 3 fully saturated rings. The van der Waals surface area contributed by atoms with Crippen molar-refractivity contribution < 1.29 is 89.0 Å². The lowest BCUT2D eigenvalue weighted by molar-refractivity contribution is -0.318. The monoisotopic (exact) mass is 740 g/mol. The maximum Gasteiger partial charge on any atom is 0.239 e. The van der Waals surface area contributed by atoms with Crippen molar-refractivity contribution in [1.82, 2.24) is 0 Å². The van der Waals surface area contributed by atoms with Gasteiger partial charge in [0, 0.05) is 17.7 Å². The van der Waals surface area contributed by atoms with E-state index >= 15 is 0 Å². The molecule has 3 saturated heterocycles. The van der Waals surface area contributed by atoms with E-state index in [0.717, 1.165) is 6.07 Å². The Balaban J connectivity index is 1.32. The largest absolute Gasteiger partial charge is 0.508 e. The summed E-state index contributed by atoms with van der Waals surface area (Å²) in [7, 11) is 0. The van der Waals surface area contributed by atoms with Gasteiger partial charge in [0.1, 0.15) is 89.3 Å². The van der Waals surface area contributed by atoms with Crippen LogP contribution >= 0.6 is 0 Å². The van der Waals surface area contributed by atoms with Gasteiger partial charge in [0.2, 0.25) is 23.8 Å². The Labute approximate surface area is 293 Å². The van der Waals surface area contributed by atoms with Gasteiger partial charge in [0.05, 0.1) is 18.8 Å². The highest BCUT2D eigenvalue weighted by Crippen LogP contribution is 2.38. The lowest BCUT2D eigenvalue weighted by atomic mass is 9.98. The molecule has 0 saturated carbocycles. The molecule has 3 aliphatic rings. The lowest BCUT2D eigenvalue weighted by Gasteiger charge is -2.42. The summed E-state index contributed by atoms with van der Waals surface area (Å²) in [5.74, 6) is -2.01. The number of aliphatic hydroxyl groups is 9. The summed E-state index contributed by atoms with van der Waals surface area (Å²) >= 11 is 0. The van der Waals surface area contributed by atoms with Crippen molar-refractivity contribution in [3.05, 3.63) is 46.6 Å². The number of hydrogen-bond acceptors (Lipinski definition) is 19. The van der Waals surface area contributed by atoms with Gasteiger partial charge in [0.25, 0.3) is 0 Å². The minimum absolute atomic E-state index is 0.138. The van der Waals surface area contributed by atoms with E-state index in [2.05, 4.69) is 0 Å². The molecule has 0 unspecified atom stereocenters. The first-order valence-electron chi connectivity index (χ1n) is 16.2. The fourth-order valence-corrected chi connectivity index (χ4v) is 6.09. The van der Waals surface area contributed by atoms with E-state index in [1.165, 1.54) is 44.2 Å². The number of phenolic OH excluding ortho intramolecular Hbond substituents is 2. The van der Waals surface area contributed by atoms with Gasteiger partial charge in [-0.15, -0.1) is 0 Å². The normalized spacial score (nSPS) is 38.2. The van der Waals surface area contributed by atoms with Crippen molar-refractivity contribution in [2.45, 2.75) is 106 Å². The first-order chi connectivity index (χ1) is 24.6. The number of benzene rings is 2. The van der Waals surface area contributed by atoms with E-state index in [1.807, 2.05) is 0 Å². The number of aliphatic hydroxyl groups excluding tert-OH is 9. The number of fused-ring (bicyclic) bond motifs is 1. The van der Waals surface area contributed by atoms with Crippen LogP contribution in [0.25, 0.3) is 22.3 Å². The second kappa shape index (κ2) is 15.0. The number of phenols is 2. The Hall–Kier alpha value is -3.67. The molecule has 2 aromatic carbocycles. The molecule has 0 bridgehead atoms. The van der Waals surface area contributed by atoms with Crippen molar-refractivity contribution >= 4 is 11.0 Å². The van der Waals surface area contributed by atoms with E-state index in [-0.39, 0.29) is 28.4 Å². The van der Waals surface area contributed by atoms with Crippen LogP contribution in [0.1, 0.15) is 13.8 Å². The van der Waals surface area contributed by atoms with Gasteiger partial charge >= 0.3 is 0 Å². The minimum Gasteiger partial charge on any atom is -0.508 e. The molecule has 0 aliphatic carbocycles. The molecule has 4 heterocycles. The molecule has 11 N–H and O–H groups in total. The lowest BCUT2D eigenvalue weighted by Crippen LogP contribution is -2.61. The summed E-state index contributed by atoms with van der Waals surface area (Å²) in [6.07, 6.45) is -23.5. The highest BCUT2D eigenvalue weighted by molar-refractivity contribution is 5.88. The third-order valence-corrected chi connectivity index (χ3v) is 9.23. The van der Waals surface area contributed by atoms with Crippen molar-refractivity contribution in [2.75, 3.05) is 6.61 Å². The van der Waals surface area contributed by atoms with Crippen molar-refractivity contribution in [3.8, 4) is 34.3 Å². The quantitative estimate of drug-likeness (QED) is 0.110. The van der Waals surface area contributed by atoms with Crippen molar-refractivity contribution in [1.29, 1.82) is 0 Å². The van der Waals surface area contributed by atoms with Crippen LogP contribution in [0.15, 0.2) is 45.6 Å². The summed E-state index contributed by atoms with van der Waals surface area (Å²) < 4.78 is 39.5. The van der Waals surface area contributed by atoms with E-state index < -0.39 is 121 Å². The Morgan fingerprint density at radius 3 is 1.79 bits per heavy atom. The second-order valence-corrected chi connectivity index (χ2v) is 12.9. The van der Waals surface area contributed by atoms with E-state index in [1.54, 1.807) is 0 Å². The van der Waals surface area contributed by atoms with Crippen molar-refractivity contribution in [2.24, 2.45) is 0 Å². The Bertz CT molecular complexity index is 1770. The molecule has 0 spiro atoms. The zero-order valence-electron chi connectivity index (χ0n) is 27.5. The van der Waals surface area contributed by atoms with Crippen LogP contribution in [-0.2, 0) is 18.9 Å². The Kier molecular flexibility index (Phi) is 11.0. The zero-order valence-corrected chi connectivity index (χ0v) is 27.5. The first kappa shape index (κ1) is 38.1. The standard InChI is InChI=1S/C33H40O19/c1-10-19(36)23(40)26(43)31(47-10)46-9-17-21(38)25(42)28(45)33(51-17)52-30-22(39)18-15(35)7-14(49-32-27(44)24(41)20(37)11(2)48-32)8-16(18)50-29(30)12-3-5-13(34)6-4-12/h3-8,10-11,17,19-21,23-28,31-38,40-45H,9H2,1-2H3/t10-,11+,17+,19+,20+,21+,23-,24-,25+,26-,27-,28-,31-,32-,33+/m1/s1. The Morgan fingerprint density at radius 1 is 0.635 bits per heavy atom. The fourth-order valence-electron chi connectivity index (χ4n) is 6.09. The molecule has 6 rings (SSSR count). The van der Waals surface area contributed by atoms with Crippen LogP contribution in [0.4, 0.5) is 0 Å². The number of aromatic hydroxyl groups is 2. The second-order valence-electron chi connectivity index (χ2n) is 12.9. The summed E-state index contributed by atoms with van der Waals surface area (Å²) in [6.45, 7) is 2.25. The van der Waals surface area contributed by atoms with Crippen LogP contribution in [0.5, 0.6) is 23.0 Å². The zero-order chi connectivity index (χ0) is 37.8. The SMILES string of the molecule is C[C@@H]1O[C@H](Oc2cc(O)c3c(=O)c(O[C@@H]4O[C@@H](CO[C@@H]5O[C@H](C)[C@H](O)[C@@H](O)[C@H]5O)[C@H](O)[C@H](O)[C@H]4O)c(-c4ccc(O)cc4)oc3c2)[C@H](O)[C@H](O)[C@H]1O. The van der Waals surface area contributed by atoms with E-state index in [9.17, 15) is 61.0 Å². The molecule has 19 heteroatoms. The predicted molar refractivity (Wildman–Crippen MR) is 170 cm³/mol. The van der Waals surface area contributed by atoms with Crippen LogP contribution in [0.2, 0.25) is 0 Å². The van der Waals surface area contributed by atoms with E-state index in [0.29, 0.717) is 0 Å². The van der Waals surface area contributed by atoms with Gasteiger partial charge < -0.3 is 89.0 Å². The van der Waals surface area contributed by atoms with Crippen LogP contribution in [0, 0.1) is 0 Å². The summed E-state index contributed by atoms with van der Waals surface area (Å²) in [4.78, 5) is 14.0. The average Bonchev–Trinajstić information content (AvgIpc) is 3.11. The molecule has 1 aromatic heterocycles. The van der Waals surface area contributed by atoms with E-state index in [4.69, 9.17) is 32.8 Å². The first-order valence-corrected chi connectivity index (χ1v) is 16.2. The number of rotatable bonds is 8. The topological polar surface area (TPSA) is 308 Å². The molecule has 19 nitrogen and oxygen atoms in total. The molecule has 15 atom stereocenters. The summed E-state index contributed by atoms with van der Waals surface area (Å²) in [5.41, 5.74) is -1.16. The molecule has 0 amide bonds. The van der Waals surface area contributed by atoms with Crippen LogP contribution < -0.4 is 14.9 Å². The maximum absolute atomic E-state index is 14.0. The van der Waals surface area contributed by atoms with Gasteiger partial charge in [-0.25, -0.2) is 0 Å². The van der Waals surface area contributed by atoms with Crippen molar-refractivity contribution in [3.63, 3.8) is 0 Å². The van der Waals surface area contributed by atoms with Gasteiger partial charge in [-0.05, 0) is 38.1 Å². The number of ether oxygens (including phenoxy) is 6. The predicted octanol–water partition coefficient (Wildman–Crippen LogP) is -2.89. The molecule has 52 heavy (non-hydrogen) atoms. The minimum atomic E-state index is -1.98. The molecular formula is C33H40O19. The summed E-state index contributed by atoms with van der Waals surface area (Å²) in [5, 5.41) is 114. The van der Waals surface area contributed by atoms with Gasteiger partial charge in [0.15, 0.2) is 12.1 Å². The molecular weight excluding hydrogens is 700 g/mol. The van der Waals surface area contributed by atoms with Crippen LogP contribution in [0.3, 0.4) is 0 Å². The maximum atomic E-state index is 14.0. The molecule has 3 aromatic rings. The fraction of sp³-hybridized carbons (Fsp3) is 0.545. The average molecular weight is 741 g/mol. The van der Waals surface area contributed by atoms with Gasteiger partial charge in [-0.1, -0.05) is 0 Å². The smallest absolute Gasteiger partial charge is 0.239 e. The third-order valence-electron chi connectivity index (χ3n) is 9.23.